The van der Waals surface area contributed by atoms with Crippen LogP contribution in [-0.2, 0) is 0 Å². The SMILES string of the molecule is CC.Cc1[nH]nc2ccc(OC3(C)CC3)nc12. The van der Waals surface area contributed by atoms with Crippen LogP contribution in [0.4, 0.5) is 0 Å². The molecule has 0 atom stereocenters. The summed E-state index contributed by atoms with van der Waals surface area (Å²) in [5.41, 5.74) is 2.80. The third-order valence-electron chi connectivity index (χ3n) is 2.85. The molecule has 0 radical (unpaired) electrons. The first kappa shape index (κ1) is 11.9. The Balaban J connectivity index is 0.000000514. The Kier molecular flexibility index (Phi) is 3.05. The van der Waals surface area contributed by atoms with Gasteiger partial charge in [-0.2, -0.15) is 5.10 Å². The van der Waals surface area contributed by atoms with E-state index in [-0.39, 0.29) is 5.60 Å². The number of nitrogens with zero attached hydrogens (tertiary/aromatic N) is 2. The van der Waals surface area contributed by atoms with E-state index in [9.17, 15) is 0 Å². The number of pyridine rings is 1. The first-order valence-corrected chi connectivity index (χ1v) is 6.17. The van der Waals surface area contributed by atoms with Crippen LogP contribution >= 0.6 is 0 Å². The first-order valence-electron chi connectivity index (χ1n) is 6.17. The van der Waals surface area contributed by atoms with Crippen LogP contribution in [0.2, 0.25) is 0 Å². The molecule has 1 N–H and O–H groups in total. The standard InChI is InChI=1S/C11H13N3O.C2H6/c1-7-10-8(14-13-7)3-4-9(12-10)15-11(2)5-6-11;1-2/h3-4H,5-6H2,1-2H3,(H,13,14);1-2H3. The van der Waals surface area contributed by atoms with Crippen LogP contribution in [0.15, 0.2) is 12.1 Å². The number of H-pyrrole nitrogens is 1. The van der Waals surface area contributed by atoms with E-state index in [0.29, 0.717) is 5.88 Å². The van der Waals surface area contributed by atoms with Crippen molar-refractivity contribution in [3.8, 4) is 5.88 Å². The van der Waals surface area contributed by atoms with Crippen molar-refractivity contribution in [2.45, 2.75) is 46.1 Å². The highest BCUT2D eigenvalue weighted by molar-refractivity contribution is 5.77. The van der Waals surface area contributed by atoms with E-state index in [1.54, 1.807) is 0 Å². The maximum absolute atomic E-state index is 5.79. The van der Waals surface area contributed by atoms with Gasteiger partial charge in [0.2, 0.25) is 5.88 Å². The molecule has 0 aliphatic heterocycles. The van der Waals surface area contributed by atoms with E-state index in [1.807, 2.05) is 32.9 Å². The number of aromatic amines is 1. The Labute approximate surface area is 101 Å². The van der Waals surface area contributed by atoms with Crippen LogP contribution in [0, 0.1) is 6.92 Å². The van der Waals surface area contributed by atoms with Crippen molar-refractivity contribution in [3.05, 3.63) is 17.8 Å². The number of hydrogen-bond donors (Lipinski definition) is 1. The molecule has 4 heteroatoms. The second-order valence-electron chi connectivity index (χ2n) is 4.42. The molecule has 0 amide bonds. The van der Waals surface area contributed by atoms with Crippen LogP contribution in [0.3, 0.4) is 0 Å². The van der Waals surface area contributed by atoms with Crippen molar-refractivity contribution >= 4 is 11.0 Å². The van der Waals surface area contributed by atoms with Gasteiger partial charge in [-0.1, -0.05) is 13.8 Å². The van der Waals surface area contributed by atoms with Crippen molar-refractivity contribution < 1.29 is 4.74 Å². The molecule has 0 spiro atoms. The number of rotatable bonds is 2. The summed E-state index contributed by atoms with van der Waals surface area (Å²) in [6.07, 6.45) is 2.24. The van der Waals surface area contributed by atoms with Gasteiger partial charge in [0.15, 0.2) is 0 Å². The normalized spacial score (nSPS) is 16.2. The maximum Gasteiger partial charge on any atom is 0.214 e. The lowest BCUT2D eigenvalue weighted by Gasteiger charge is -2.10. The third-order valence-corrected chi connectivity index (χ3v) is 2.85. The van der Waals surface area contributed by atoms with Gasteiger partial charge in [-0.05, 0) is 32.8 Å². The molecular weight excluding hydrogens is 214 g/mol. The molecule has 2 aromatic rings. The molecule has 0 unspecified atom stereocenters. The predicted octanol–water partition coefficient (Wildman–Crippen LogP) is 3.22. The van der Waals surface area contributed by atoms with Crippen molar-refractivity contribution in [2.75, 3.05) is 0 Å². The summed E-state index contributed by atoms with van der Waals surface area (Å²) in [5.74, 6) is 0.701. The molecule has 4 nitrogen and oxygen atoms in total. The molecule has 17 heavy (non-hydrogen) atoms. The zero-order valence-corrected chi connectivity index (χ0v) is 10.9. The largest absolute Gasteiger partial charge is 0.471 e. The molecule has 0 bridgehead atoms. The van der Waals surface area contributed by atoms with Gasteiger partial charge in [-0.3, -0.25) is 5.10 Å². The summed E-state index contributed by atoms with van der Waals surface area (Å²) in [4.78, 5) is 4.44. The van der Waals surface area contributed by atoms with Gasteiger partial charge in [0.05, 0.1) is 5.69 Å². The topological polar surface area (TPSA) is 50.8 Å². The fourth-order valence-electron chi connectivity index (χ4n) is 1.58. The number of nitrogens with one attached hydrogen (secondary N) is 1. The van der Waals surface area contributed by atoms with Gasteiger partial charge in [-0.25, -0.2) is 4.98 Å². The third kappa shape index (κ3) is 2.40. The highest BCUT2D eigenvalue weighted by Crippen LogP contribution is 2.39. The Morgan fingerprint density at radius 2 is 2.00 bits per heavy atom. The maximum atomic E-state index is 5.79. The first-order chi connectivity index (χ1) is 8.16. The van der Waals surface area contributed by atoms with Gasteiger partial charge in [0.25, 0.3) is 0 Å². The highest BCUT2D eigenvalue weighted by Gasteiger charge is 2.40. The zero-order chi connectivity index (χ0) is 12.5. The molecule has 2 heterocycles. The molecule has 92 valence electrons. The average Bonchev–Trinajstić information content (AvgIpc) is 2.95. The van der Waals surface area contributed by atoms with Gasteiger partial charge < -0.3 is 4.74 Å². The lowest BCUT2D eigenvalue weighted by molar-refractivity contribution is 0.192. The fourth-order valence-corrected chi connectivity index (χ4v) is 1.58. The average molecular weight is 233 g/mol. The molecule has 0 saturated heterocycles. The van der Waals surface area contributed by atoms with E-state index in [4.69, 9.17) is 4.74 Å². The van der Waals surface area contributed by atoms with Crippen molar-refractivity contribution in [2.24, 2.45) is 0 Å². The van der Waals surface area contributed by atoms with Crippen molar-refractivity contribution in [3.63, 3.8) is 0 Å². The molecule has 1 saturated carbocycles. The molecule has 2 aromatic heterocycles. The van der Waals surface area contributed by atoms with Crippen LogP contribution in [0.1, 0.15) is 39.3 Å². The predicted molar refractivity (Wildman–Crippen MR) is 68.2 cm³/mol. The van der Waals surface area contributed by atoms with E-state index in [2.05, 4.69) is 22.1 Å². The smallest absolute Gasteiger partial charge is 0.214 e. The lowest BCUT2D eigenvalue weighted by Crippen LogP contribution is -2.12. The lowest BCUT2D eigenvalue weighted by atomic mass is 10.3. The number of hydrogen-bond acceptors (Lipinski definition) is 3. The number of ether oxygens (including phenoxy) is 1. The summed E-state index contributed by atoms with van der Waals surface area (Å²) in [7, 11) is 0. The summed E-state index contributed by atoms with van der Waals surface area (Å²) >= 11 is 0. The van der Waals surface area contributed by atoms with Gasteiger partial charge in [-0.15, -0.1) is 0 Å². The van der Waals surface area contributed by atoms with Crippen LogP contribution in [-0.4, -0.2) is 20.8 Å². The summed E-state index contributed by atoms with van der Waals surface area (Å²) in [6.45, 7) is 8.08. The van der Waals surface area contributed by atoms with Crippen molar-refractivity contribution in [1.82, 2.24) is 15.2 Å². The van der Waals surface area contributed by atoms with Gasteiger partial charge >= 0.3 is 0 Å². The van der Waals surface area contributed by atoms with Crippen molar-refractivity contribution in [1.29, 1.82) is 0 Å². The van der Waals surface area contributed by atoms with E-state index >= 15 is 0 Å². The minimum atomic E-state index is 0.0261. The summed E-state index contributed by atoms with van der Waals surface area (Å²) in [5, 5.41) is 7.04. The monoisotopic (exact) mass is 233 g/mol. The summed E-state index contributed by atoms with van der Waals surface area (Å²) in [6, 6.07) is 3.82. The molecule has 3 rings (SSSR count). The number of aromatic nitrogens is 3. The Morgan fingerprint density at radius 1 is 1.29 bits per heavy atom. The van der Waals surface area contributed by atoms with Crippen LogP contribution in [0.25, 0.3) is 11.0 Å². The Bertz CT molecular complexity index is 514. The Hall–Kier alpha value is -1.58. The number of aryl methyl sites for hydroxylation is 1. The highest BCUT2D eigenvalue weighted by atomic mass is 16.5. The van der Waals surface area contributed by atoms with E-state index in [1.165, 1.54) is 0 Å². The summed E-state index contributed by atoms with van der Waals surface area (Å²) < 4.78 is 5.79. The molecule has 1 aliphatic rings. The molecule has 1 aliphatic carbocycles. The fraction of sp³-hybridized carbons (Fsp3) is 0.538. The Morgan fingerprint density at radius 3 is 2.65 bits per heavy atom. The minimum Gasteiger partial charge on any atom is -0.471 e. The van der Waals surface area contributed by atoms with Gasteiger partial charge in [0, 0.05) is 6.07 Å². The van der Waals surface area contributed by atoms with E-state index < -0.39 is 0 Å². The van der Waals surface area contributed by atoms with E-state index in [0.717, 1.165) is 29.6 Å². The molecule has 1 fully saturated rings. The van der Waals surface area contributed by atoms with Crippen LogP contribution in [0.5, 0.6) is 5.88 Å². The second-order valence-corrected chi connectivity index (χ2v) is 4.42. The van der Waals surface area contributed by atoms with Crippen LogP contribution < -0.4 is 4.74 Å². The quantitative estimate of drug-likeness (QED) is 0.866. The second kappa shape index (κ2) is 4.35. The number of fused-ring (bicyclic) bond motifs is 1. The molecular formula is C13H19N3O. The molecule has 0 aromatic carbocycles. The minimum absolute atomic E-state index is 0.0261. The zero-order valence-electron chi connectivity index (χ0n) is 10.9. The van der Waals surface area contributed by atoms with Gasteiger partial charge in [0.1, 0.15) is 16.6 Å².